The molecule has 1 N–H and O–H groups in total. The third kappa shape index (κ3) is 23.1. The van der Waals surface area contributed by atoms with Gasteiger partial charge in [0.25, 0.3) is 0 Å². The Morgan fingerprint density at radius 3 is 1.52 bits per heavy atom. The first-order chi connectivity index (χ1) is 13.2. The first-order valence-electron chi connectivity index (χ1n) is 11.8. The molecule has 160 valence electrons. The van der Waals surface area contributed by atoms with Crippen molar-refractivity contribution in [2.75, 3.05) is 14.1 Å². The Kier molecular flexibility index (Phi) is 20.8. The van der Waals surface area contributed by atoms with E-state index in [9.17, 15) is 4.79 Å². The van der Waals surface area contributed by atoms with E-state index in [4.69, 9.17) is 0 Å². The minimum atomic E-state index is 0.140. The van der Waals surface area contributed by atoms with E-state index in [1.54, 1.807) is 5.01 Å². The van der Waals surface area contributed by atoms with Gasteiger partial charge in [0.05, 0.1) is 0 Å². The summed E-state index contributed by atoms with van der Waals surface area (Å²) in [6, 6.07) is 0. The lowest BCUT2D eigenvalue weighted by Crippen LogP contribution is -2.35. The van der Waals surface area contributed by atoms with Crippen LogP contribution in [0.2, 0.25) is 0 Å². The van der Waals surface area contributed by atoms with Crippen molar-refractivity contribution in [1.82, 2.24) is 10.4 Å². The zero-order chi connectivity index (χ0) is 20.0. The van der Waals surface area contributed by atoms with Crippen molar-refractivity contribution in [3.05, 3.63) is 12.2 Å². The Hall–Kier alpha value is -0.830. The number of hydrogen-bond donors (Lipinski definition) is 1. The molecule has 0 aromatic carbocycles. The lowest BCUT2D eigenvalue weighted by atomic mass is 10.1. The van der Waals surface area contributed by atoms with Crippen LogP contribution >= 0.6 is 0 Å². The number of carbonyl (C=O) groups is 1. The number of amides is 1. The molecule has 0 spiro atoms. The van der Waals surface area contributed by atoms with Gasteiger partial charge < -0.3 is 0 Å². The molecular formula is C24H48N2O. The highest BCUT2D eigenvalue weighted by Crippen LogP contribution is 2.12. The van der Waals surface area contributed by atoms with Crippen LogP contribution in [0.3, 0.4) is 0 Å². The van der Waals surface area contributed by atoms with Gasteiger partial charge in [-0.15, -0.1) is 0 Å². The van der Waals surface area contributed by atoms with Gasteiger partial charge in [0.15, 0.2) is 0 Å². The van der Waals surface area contributed by atoms with Crippen LogP contribution in [0, 0.1) is 0 Å². The summed E-state index contributed by atoms with van der Waals surface area (Å²) < 4.78 is 0. The van der Waals surface area contributed by atoms with Gasteiger partial charge in [-0.3, -0.25) is 10.2 Å². The number of carbonyl (C=O) groups excluding carboxylic acids is 1. The second-order valence-corrected chi connectivity index (χ2v) is 8.18. The third-order valence-electron chi connectivity index (χ3n) is 5.01. The molecule has 0 aliphatic carbocycles. The van der Waals surface area contributed by atoms with E-state index in [2.05, 4.69) is 24.5 Å². The number of rotatable bonds is 20. The van der Waals surface area contributed by atoms with Crippen LogP contribution in [-0.4, -0.2) is 25.0 Å². The summed E-state index contributed by atoms with van der Waals surface area (Å²) in [5, 5.41) is 1.72. The zero-order valence-electron chi connectivity index (χ0n) is 18.7. The highest BCUT2D eigenvalue weighted by atomic mass is 16.2. The maximum atomic E-state index is 11.5. The Labute approximate surface area is 170 Å². The molecule has 0 aromatic rings. The Morgan fingerprint density at radius 1 is 0.667 bits per heavy atom. The average Bonchev–Trinajstić information content (AvgIpc) is 2.63. The van der Waals surface area contributed by atoms with E-state index >= 15 is 0 Å². The molecule has 0 bridgehead atoms. The maximum absolute atomic E-state index is 11.5. The number of hydrogen-bond acceptors (Lipinski definition) is 2. The highest BCUT2D eigenvalue weighted by Gasteiger charge is 2.01. The molecule has 27 heavy (non-hydrogen) atoms. The van der Waals surface area contributed by atoms with Crippen molar-refractivity contribution in [2.24, 2.45) is 0 Å². The van der Waals surface area contributed by atoms with Crippen LogP contribution in [0.1, 0.15) is 122 Å². The predicted octanol–water partition coefficient (Wildman–Crippen LogP) is 7.18. The van der Waals surface area contributed by atoms with Crippen LogP contribution < -0.4 is 5.43 Å². The van der Waals surface area contributed by atoms with Gasteiger partial charge in [-0.05, 0) is 32.1 Å². The van der Waals surface area contributed by atoms with E-state index in [1.807, 2.05) is 14.1 Å². The molecule has 3 heteroatoms. The minimum absolute atomic E-state index is 0.140. The predicted molar refractivity (Wildman–Crippen MR) is 120 cm³/mol. The van der Waals surface area contributed by atoms with Crippen molar-refractivity contribution in [3.8, 4) is 0 Å². The molecule has 0 saturated heterocycles. The molecule has 0 aliphatic rings. The molecule has 0 saturated carbocycles. The number of hydrazine groups is 1. The van der Waals surface area contributed by atoms with Gasteiger partial charge in [0.1, 0.15) is 0 Å². The maximum Gasteiger partial charge on any atom is 0.234 e. The number of unbranched alkanes of at least 4 members (excludes halogenated alkanes) is 15. The molecule has 0 heterocycles. The van der Waals surface area contributed by atoms with Crippen LogP contribution in [-0.2, 0) is 4.79 Å². The highest BCUT2D eigenvalue weighted by molar-refractivity contribution is 5.75. The molecular weight excluding hydrogens is 332 g/mol. The fourth-order valence-corrected chi connectivity index (χ4v) is 3.37. The lowest BCUT2D eigenvalue weighted by Gasteiger charge is -2.11. The van der Waals surface area contributed by atoms with Gasteiger partial charge in [0, 0.05) is 20.5 Å². The fourth-order valence-electron chi connectivity index (χ4n) is 3.37. The quantitative estimate of drug-likeness (QED) is 0.138. The summed E-state index contributed by atoms with van der Waals surface area (Å²) in [5.74, 6) is 0.140. The van der Waals surface area contributed by atoms with E-state index in [0.29, 0.717) is 6.42 Å². The molecule has 3 nitrogen and oxygen atoms in total. The summed E-state index contributed by atoms with van der Waals surface area (Å²) in [5.41, 5.74) is 2.79. The van der Waals surface area contributed by atoms with Gasteiger partial charge in [-0.25, -0.2) is 5.01 Å². The zero-order valence-corrected chi connectivity index (χ0v) is 18.7. The van der Waals surface area contributed by atoms with Gasteiger partial charge >= 0.3 is 0 Å². The SMILES string of the molecule is CCCCCCCC/C=C\CCCCCCCCCCCC(=O)NN(C)C. The van der Waals surface area contributed by atoms with Crippen LogP contribution in [0.25, 0.3) is 0 Å². The lowest BCUT2D eigenvalue weighted by molar-refractivity contribution is -0.124. The van der Waals surface area contributed by atoms with Crippen molar-refractivity contribution >= 4 is 5.91 Å². The normalized spacial score (nSPS) is 11.6. The topological polar surface area (TPSA) is 32.3 Å². The first-order valence-corrected chi connectivity index (χ1v) is 11.8. The first kappa shape index (κ1) is 26.2. The summed E-state index contributed by atoms with van der Waals surface area (Å²) >= 11 is 0. The summed E-state index contributed by atoms with van der Waals surface area (Å²) in [6.45, 7) is 2.28. The molecule has 0 radical (unpaired) electrons. The Morgan fingerprint density at radius 2 is 1.07 bits per heavy atom. The van der Waals surface area contributed by atoms with E-state index in [0.717, 1.165) is 6.42 Å². The molecule has 0 unspecified atom stereocenters. The molecule has 0 aromatic heterocycles. The van der Waals surface area contributed by atoms with Crippen LogP contribution in [0.15, 0.2) is 12.2 Å². The van der Waals surface area contributed by atoms with Crippen LogP contribution in [0.5, 0.6) is 0 Å². The summed E-state index contributed by atoms with van der Waals surface area (Å²) in [4.78, 5) is 11.5. The van der Waals surface area contributed by atoms with E-state index < -0.39 is 0 Å². The average molecular weight is 381 g/mol. The number of nitrogens with zero attached hydrogens (tertiary/aromatic N) is 1. The number of allylic oxidation sites excluding steroid dienone is 2. The van der Waals surface area contributed by atoms with Gasteiger partial charge in [-0.1, -0.05) is 96.1 Å². The Bertz CT molecular complexity index is 339. The molecule has 0 aliphatic heterocycles. The number of nitrogens with one attached hydrogen (secondary N) is 1. The van der Waals surface area contributed by atoms with Crippen molar-refractivity contribution < 1.29 is 4.79 Å². The van der Waals surface area contributed by atoms with Gasteiger partial charge in [0.2, 0.25) is 5.91 Å². The van der Waals surface area contributed by atoms with Crippen molar-refractivity contribution in [3.63, 3.8) is 0 Å². The largest absolute Gasteiger partial charge is 0.289 e. The van der Waals surface area contributed by atoms with Crippen LogP contribution in [0.4, 0.5) is 0 Å². The van der Waals surface area contributed by atoms with E-state index in [-0.39, 0.29) is 5.91 Å². The van der Waals surface area contributed by atoms with Crippen molar-refractivity contribution in [1.29, 1.82) is 0 Å². The molecule has 1 amide bonds. The Balaban J connectivity index is 3.14. The molecule has 0 fully saturated rings. The second kappa shape index (κ2) is 21.5. The standard InChI is InChI=1S/C24H48N2O/c1-4-5-6-7-8-9-10-11-12-13-14-15-16-17-18-19-20-21-22-23-24(27)25-26(2)3/h11-12H,4-10,13-23H2,1-3H3,(H,25,27)/b12-11-. The second-order valence-electron chi connectivity index (χ2n) is 8.18. The fraction of sp³-hybridized carbons (Fsp3) is 0.875. The summed E-state index contributed by atoms with van der Waals surface area (Å²) in [6.07, 6.45) is 28.1. The summed E-state index contributed by atoms with van der Waals surface area (Å²) in [7, 11) is 3.70. The smallest absolute Gasteiger partial charge is 0.234 e. The molecule has 0 rings (SSSR count). The third-order valence-corrected chi connectivity index (χ3v) is 5.01. The monoisotopic (exact) mass is 380 g/mol. The van der Waals surface area contributed by atoms with E-state index in [1.165, 1.54) is 103 Å². The minimum Gasteiger partial charge on any atom is -0.289 e. The molecule has 0 atom stereocenters. The van der Waals surface area contributed by atoms with Crippen molar-refractivity contribution in [2.45, 2.75) is 122 Å². The van der Waals surface area contributed by atoms with Gasteiger partial charge in [-0.2, -0.15) is 0 Å².